The van der Waals surface area contributed by atoms with E-state index in [4.69, 9.17) is 10.3 Å². The van der Waals surface area contributed by atoms with Crippen LogP contribution in [0, 0.1) is 18.7 Å². The van der Waals surface area contributed by atoms with Gasteiger partial charge in [-0.15, -0.1) is 0 Å². The van der Waals surface area contributed by atoms with E-state index < -0.39 is 0 Å². The van der Waals surface area contributed by atoms with Crippen molar-refractivity contribution >= 4 is 5.91 Å². The summed E-state index contributed by atoms with van der Waals surface area (Å²) in [5.41, 5.74) is 6.46. The average Bonchev–Trinajstić information content (AvgIpc) is 3.12. The van der Waals surface area contributed by atoms with Crippen LogP contribution in [0.25, 0.3) is 11.4 Å². The van der Waals surface area contributed by atoms with Gasteiger partial charge in [0, 0.05) is 12.1 Å². The molecule has 0 saturated carbocycles. The molecule has 1 aliphatic heterocycles. The molecular formula is C15H17FN4O2. The Morgan fingerprint density at radius 1 is 1.55 bits per heavy atom. The van der Waals surface area contributed by atoms with Crippen molar-refractivity contribution in [3.05, 3.63) is 35.5 Å². The van der Waals surface area contributed by atoms with Crippen molar-refractivity contribution in [3.63, 3.8) is 0 Å². The standard InChI is InChI=1S/C15H17FN4O2/c1-9-2-3-10(6-12(9)16)15-18-13(22-19-15)8-20-5-4-11(7-20)14(17)21/h2-3,6,11H,4-5,7-8H2,1H3,(H2,17,21)/t11-/m1/s1. The van der Waals surface area contributed by atoms with Crippen LogP contribution in [0.15, 0.2) is 22.7 Å². The van der Waals surface area contributed by atoms with E-state index in [-0.39, 0.29) is 17.6 Å². The van der Waals surface area contributed by atoms with Gasteiger partial charge >= 0.3 is 0 Å². The first-order valence-corrected chi connectivity index (χ1v) is 7.13. The van der Waals surface area contributed by atoms with Crippen LogP contribution in [0.4, 0.5) is 4.39 Å². The maximum Gasteiger partial charge on any atom is 0.241 e. The van der Waals surface area contributed by atoms with Crippen LogP contribution >= 0.6 is 0 Å². The van der Waals surface area contributed by atoms with Gasteiger partial charge in [0.25, 0.3) is 0 Å². The zero-order valence-electron chi connectivity index (χ0n) is 12.3. The fourth-order valence-electron chi connectivity index (χ4n) is 2.57. The lowest BCUT2D eigenvalue weighted by atomic mass is 10.1. The number of carbonyl (C=O) groups excluding carboxylic acids is 1. The molecule has 1 aromatic carbocycles. The minimum atomic E-state index is -0.298. The summed E-state index contributed by atoms with van der Waals surface area (Å²) in [5, 5.41) is 3.88. The molecule has 1 saturated heterocycles. The lowest BCUT2D eigenvalue weighted by Gasteiger charge is -2.11. The smallest absolute Gasteiger partial charge is 0.241 e. The molecule has 6 nitrogen and oxygen atoms in total. The fraction of sp³-hybridized carbons (Fsp3) is 0.400. The van der Waals surface area contributed by atoms with E-state index in [1.807, 2.05) is 4.90 Å². The van der Waals surface area contributed by atoms with E-state index in [0.717, 1.165) is 13.0 Å². The summed E-state index contributed by atoms with van der Waals surface area (Å²) in [7, 11) is 0. The highest BCUT2D eigenvalue weighted by atomic mass is 19.1. The third kappa shape index (κ3) is 2.99. The van der Waals surface area contributed by atoms with Crippen LogP contribution in [0.2, 0.25) is 0 Å². The Hall–Kier alpha value is -2.28. The summed E-state index contributed by atoms with van der Waals surface area (Å²) in [5.74, 6) is 0.116. The van der Waals surface area contributed by atoms with Gasteiger partial charge in [-0.2, -0.15) is 4.98 Å². The van der Waals surface area contributed by atoms with E-state index >= 15 is 0 Å². The molecule has 2 aromatic rings. The van der Waals surface area contributed by atoms with Crippen LogP contribution < -0.4 is 5.73 Å². The van der Waals surface area contributed by atoms with Crippen LogP contribution in [-0.4, -0.2) is 34.0 Å². The van der Waals surface area contributed by atoms with Gasteiger partial charge in [0.1, 0.15) is 5.82 Å². The second kappa shape index (κ2) is 5.84. The summed E-state index contributed by atoms with van der Waals surface area (Å²) < 4.78 is 18.8. The number of carbonyl (C=O) groups is 1. The first-order valence-electron chi connectivity index (χ1n) is 7.13. The first kappa shape index (κ1) is 14.6. The zero-order chi connectivity index (χ0) is 15.7. The van der Waals surface area contributed by atoms with Crippen molar-refractivity contribution in [2.75, 3.05) is 13.1 Å². The summed E-state index contributed by atoms with van der Waals surface area (Å²) >= 11 is 0. The molecule has 1 amide bonds. The number of benzene rings is 1. The number of hydrogen-bond donors (Lipinski definition) is 1. The molecule has 1 atom stereocenters. The molecule has 0 spiro atoms. The third-order valence-corrected chi connectivity index (χ3v) is 3.93. The SMILES string of the molecule is Cc1ccc(-c2noc(CN3CC[C@@H](C(N)=O)C3)n2)cc1F. The normalized spacial score (nSPS) is 18.7. The Kier molecular flexibility index (Phi) is 3.89. The van der Waals surface area contributed by atoms with E-state index in [0.29, 0.717) is 35.9 Å². The zero-order valence-corrected chi connectivity index (χ0v) is 12.3. The number of amides is 1. The Labute approximate surface area is 127 Å². The molecule has 22 heavy (non-hydrogen) atoms. The predicted molar refractivity (Wildman–Crippen MR) is 77.0 cm³/mol. The Morgan fingerprint density at radius 2 is 2.36 bits per heavy atom. The van der Waals surface area contributed by atoms with Crippen LogP contribution in [-0.2, 0) is 11.3 Å². The number of aromatic nitrogens is 2. The fourth-order valence-corrected chi connectivity index (χ4v) is 2.57. The van der Waals surface area contributed by atoms with E-state index in [1.54, 1.807) is 19.1 Å². The number of nitrogens with zero attached hydrogens (tertiary/aromatic N) is 3. The minimum Gasteiger partial charge on any atom is -0.369 e. The van der Waals surface area contributed by atoms with Gasteiger partial charge in [-0.25, -0.2) is 4.39 Å². The van der Waals surface area contributed by atoms with Crippen molar-refractivity contribution in [3.8, 4) is 11.4 Å². The van der Waals surface area contributed by atoms with Gasteiger partial charge in [-0.1, -0.05) is 17.3 Å². The molecule has 0 aliphatic carbocycles. The van der Waals surface area contributed by atoms with Gasteiger partial charge in [-0.3, -0.25) is 9.69 Å². The quantitative estimate of drug-likeness (QED) is 0.925. The molecule has 0 bridgehead atoms. The van der Waals surface area contributed by atoms with Crippen molar-refractivity contribution in [1.82, 2.24) is 15.0 Å². The first-order chi connectivity index (χ1) is 10.5. The van der Waals surface area contributed by atoms with Crippen molar-refractivity contribution < 1.29 is 13.7 Å². The van der Waals surface area contributed by atoms with E-state index in [9.17, 15) is 9.18 Å². The monoisotopic (exact) mass is 304 g/mol. The molecule has 1 aromatic heterocycles. The largest absolute Gasteiger partial charge is 0.369 e. The number of aryl methyl sites for hydroxylation is 1. The van der Waals surface area contributed by atoms with Gasteiger partial charge in [0.05, 0.1) is 12.5 Å². The molecule has 1 fully saturated rings. The van der Waals surface area contributed by atoms with Gasteiger partial charge in [0.2, 0.25) is 17.6 Å². The molecule has 0 unspecified atom stereocenters. The molecule has 3 rings (SSSR count). The minimum absolute atomic E-state index is 0.117. The summed E-state index contributed by atoms with van der Waals surface area (Å²) in [6.07, 6.45) is 0.750. The van der Waals surface area contributed by atoms with Crippen LogP contribution in [0.5, 0.6) is 0 Å². The average molecular weight is 304 g/mol. The highest BCUT2D eigenvalue weighted by Gasteiger charge is 2.27. The molecule has 2 heterocycles. The van der Waals surface area contributed by atoms with Gasteiger partial charge < -0.3 is 10.3 Å². The van der Waals surface area contributed by atoms with E-state index in [2.05, 4.69) is 10.1 Å². The second-order valence-corrected chi connectivity index (χ2v) is 5.60. The lowest BCUT2D eigenvalue weighted by molar-refractivity contribution is -0.121. The lowest BCUT2D eigenvalue weighted by Crippen LogP contribution is -2.27. The maximum absolute atomic E-state index is 13.6. The number of rotatable bonds is 4. The van der Waals surface area contributed by atoms with Gasteiger partial charge in [-0.05, 0) is 31.5 Å². The van der Waals surface area contributed by atoms with Crippen molar-refractivity contribution in [2.45, 2.75) is 19.9 Å². The molecule has 0 radical (unpaired) electrons. The number of nitrogens with two attached hydrogens (primary N) is 1. The molecule has 116 valence electrons. The van der Waals surface area contributed by atoms with Crippen molar-refractivity contribution in [1.29, 1.82) is 0 Å². The highest BCUT2D eigenvalue weighted by Crippen LogP contribution is 2.21. The summed E-state index contributed by atoms with van der Waals surface area (Å²) in [4.78, 5) is 17.5. The molecule has 7 heteroatoms. The number of likely N-dealkylation sites (tertiary alicyclic amines) is 1. The van der Waals surface area contributed by atoms with Crippen LogP contribution in [0.1, 0.15) is 17.9 Å². The summed E-state index contributed by atoms with van der Waals surface area (Å²) in [6, 6.07) is 4.83. The summed E-state index contributed by atoms with van der Waals surface area (Å²) in [6.45, 7) is 3.53. The topological polar surface area (TPSA) is 85.3 Å². The Morgan fingerprint density at radius 3 is 3.05 bits per heavy atom. The van der Waals surface area contributed by atoms with E-state index in [1.165, 1.54) is 6.07 Å². The Bertz CT molecular complexity index is 701. The molecular weight excluding hydrogens is 287 g/mol. The highest BCUT2D eigenvalue weighted by molar-refractivity contribution is 5.77. The molecule has 2 N–H and O–H groups in total. The Balaban J connectivity index is 1.69. The van der Waals surface area contributed by atoms with Crippen molar-refractivity contribution in [2.24, 2.45) is 11.7 Å². The second-order valence-electron chi connectivity index (χ2n) is 5.60. The predicted octanol–water partition coefficient (Wildman–Crippen LogP) is 1.49. The number of hydrogen-bond acceptors (Lipinski definition) is 5. The molecule has 1 aliphatic rings. The number of primary amides is 1. The van der Waals surface area contributed by atoms with Gasteiger partial charge in [0.15, 0.2) is 0 Å². The number of halogens is 1. The van der Waals surface area contributed by atoms with Crippen LogP contribution in [0.3, 0.4) is 0 Å². The third-order valence-electron chi connectivity index (χ3n) is 3.93. The maximum atomic E-state index is 13.6.